The van der Waals surface area contributed by atoms with E-state index in [2.05, 4.69) is 77.2 Å². The van der Waals surface area contributed by atoms with Crippen LogP contribution in [-0.4, -0.2) is 65.3 Å². The lowest BCUT2D eigenvalue weighted by Crippen LogP contribution is -2.50. The Labute approximate surface area is 231 Å². The second-order valence-corrected chi connectivity index (χ2v) is 12.1. The molecule has 1 unspecified atom stereocenters. The van der Waals surface area contributed by atoms with Gasteiger partial charge in [-0.15, -0.1) is 0 Å². The zero-order valence-electron chi connectivity index (χ0n) is 22.8. The standard InChI is InChI=1S/C34H37N3O2/c1-34(2)31-24-9-3-5-11-26(24)33(27-12-6-4-10-25(27)32(31)34)37-19-17-36(18-20-37)21-23(38)22-39-30-15-7-14-29-28(30)13-8-16-35-29/h3-16,23,31-33,38H,17-22H2,1-2H3/t23-,31-,32+,33?/m1/s1. The maximum absolute atomic E-state index is 10.8. The lowest BCUT2D eigenvalue weighted by molar-refractivity contribution is 0.0403. The predicted octanol–water partition coefficient (Wildman–Crippen LogP) is 5.60. The Hall–Kier alpha value is -3.25. The summed E-state index contributed by atoms with van der Waals surface area (Å²) in [6.07, 6.45) is 1.24. The molecule has 3 aliphatic rings. The molecule has 200 valence electrons. The predicted molar refractivity (Wildman–Crippen MR) is 155 cm³/mol. The van der Waals surface area contributed by atoms with Crippen molar-refractivity contribution in [2.75, 3.05) is 39.3 Å². The smallest absolute Gasteiger partial charge is 0.128 e. The van der Waals surface area contributed by atoms with Crippen LogP contribution in [0.25, 0.3) is 10.9 Å². The summed E-state index contributed by atoms with van der Waals surface area (Å²) in [5.74, 6) is 1.96. The molecule has 4 aromatic rings. The van der Waals surface area contributed by atoms with E-state index in [1.54, 1.807) is 6.20 Å². The van der Waals surface area contributed by atoms with Crippen LogP contribution in [0, 0.1) is 5.41 Å². The van der Waals surface area contributed by atoms with Gasteiger partial charge in [-0.25, -0.2) is 0 Å². The van der Waals surface area contributed by atoms with Crippen LogP contribution in [0.3, 0.4) is 0 Å². The van der Waals surface area contributed by atoms with Crippen LogP contribution in [-0.2, 0) is 0 Å². The van der Waals surface area contributed by atoms with Gasteiger partial charge >= 0.3 is 0 Å². The van der Waals surface area contributed by atoms with E-state index in [0.717, 1.165) is 42.8 Å². The molecule has 7 rings (SSSR count). The summed E-state index contributed by atoms with van der Waals surface area (Å²) in [7, 11) is 0. The molecule has 2 aliphatic carbocycles. The molecule has 1 N–H and O–H groups in total. The van der Waals surface area contributed by atoms with E-state index in [-0.39, 0.29) is 12.6 Å². The van der Waals surface area contributed by atoms with E-state index in [4.69, 9.17) is 4.74 Å². The van der Waals surface area contributed by atoms with Crippen LogP contribution in [0.5, 0.6) is 5.75 Å². The van der Waals surface area contributed by atoms with Crippen molar-refractivity contribution >= 4 is 10.9 Å². The first-order valence-corrected chi connectivity index (χ1v) is 14.3. The van der Waals surface area contributed by atoms with Crippen molar-refractivity contribution in [3.8, 4) is 5.75 Å². The highest BCUT2D eigenvalue weighted by molar-refractivity contribution is 5.84. The Kier molecular flexibility index (Phi) is 6.19. The zero-order valence-corrected chi connectivity index (χ0v) is 22.8. The number of aliphatic hydroxyl groups excluding tert-OH is 1. The Balaban J connectivity index is 1.04. The molecular weight excluding hydrogens is 482 g/mol. The molecule has 1 aliphatic heterocycles. The third-order valence-electron chi connectivity index (χ3n) is 9.36. The van der Waals surface area contributed by atoms with E-state index in [1.165, 1.54) is 22.3 Å². The SMILES string of the molecule is CC1(C)[C@@H]2c3ccccc3C(N3CCN(C[C@@H](O)COc4cccc5ncccc45)CC3)c3ccccc3[C@@H]21. The highest BCUT2D eigenvalue weighted by Crippen LogP contribution is 2.72. The first kappa shape index (κ1) is 24.8. The van der Waals surface area contributed by atoms with Gasteiger partial charge in [0, 0.05) is 44.3 Å². The van der Waals surface area contributed by atoms with Crippen molar-refractivity contribution in [2.45, 2.75) is 37.8 Å². The molecule has 5 heteroatoms. The van der Waals surface area contributed by atoms with Crippen molar-refractivity contribution in [1.29, 1.82) is 0 Å². The lowest BCUT2D eigenvalue weighted by atomic mass is 9.87. The van der Waals surface area contributed by atoms with Gasteiger partial charge in [0.25, 0.3) is 0 Å². The Bertz CT molecular complexity index is 1430. The van der Waals surface area contributed by atoms with Crippen LogP contribution in [0.15, 0.2) is 85.1 Å². The molecule has 0 bridgehead atoms. The third-order valence-corrected chi connectivity index (χ3v) is 9.36. The third kappa shape index (κ3) is 4.33. The number of β-amino-alcohol motifs (C(OH)–C–C–N with tert-alkyl or cyclic N) is 1. The quantitative estimate of drug-likeness (QED) is 0.359. The van der Waals surface area contributed by atoms with Gasteiger partial charge in [0.05, 0.1) is 11.6 Å². The topological polar surface area (TPSA) is 48.8 Å². The Morgan fingerprint density at radius 1 is 0.821 bits per heavy atom. The first-order chi connectivity index (χ1) is 19.0. The number of rotatable bonds is 6. The van der Waals surface area contributed by atoms with Gasteiger partial charge in [-0.05, 0) is 63.8 Å². The van der Waals surface area contributed by atoms with Crippen molar-refractivity contribution in [3.05, 3.63) is 107 Å². The Morgan fingerprint density at radius 3 is 2.13 bits per heavy atom. The highest BCUT2D eigenvalue weighted by Gasteiger charge is 2.61. The van der Waals surface area contributed by atoms with Crippen LogP contribution in [0.4, 0.5) is 0 Å². The molecule has 3 aromatic carbocycles. The van der Waals surface area contributed by atoms with Gasteiger partial charge in [-0.3, -0.25) is 14.8 Å². The fraction of sp³-hybridized carbons (Fsp3) is 0.382. The summed E-state index contributed by atoms with van der Waals surface area (Å²) in [6.45, 7) is 9.59. The van der Waals surface area contributed by atoms with Crippen molar-refractivity contribution in [1.82, 2.24) is 14.8 Å². The average Bonchev–Trinajstić information content (AvgIpc) is 3.58. The van der Waals surface area contributed by atoms with Crippen LogP contribution >= 0.6 is 0 Å². The monoisotopic (exact) mass is 519 g/mol. The van der Waals surface area contributed by atoms with Gasteiger partial charge in [-0.2, -0.15) is 0 Å². The highest BCUT2D eigenvalue weighted by atomic mass is 16.5. The number of hydrogen-bond acceptors (Lipinski definition) is 5. The zero-order chi connectivity index (χ0) is 26.6. The minimum absolute atomic E-state index is 0.274. The number of hydrogen-bond donors (Lipinski definition) is 1. The molecule has 1 saturated heterocycles. The van der Waals surface area contributed by atoms with Gasteiger partial charge in [0.1, 0.15) is 18.5 Å². The molecule has 4 atom stereocenters. The van der Waals surface area contributed by atoms with Crippen LogP contribution < -0.4 is 4.74 Å². The van der Waals surface area contributed by atoms with Crippen molar-refractivity contribution in [3.63, 3.8) is 0 Å². The van der Waals surface area contributed by atoms with Crippen LogP contribution in [0.2, 0.25) is 0 Å². The summed E-state index contributed by atoms with van der Waals surface area (Å²) in [5.41, 5.74) is 7.24. The summed E-state index contributed by atoms with van der Waals surface area (Å²) < 4.78 is 6.03. The number of fused-ring (bicyclic) bond motifs is 6. The molecule has 0 radical (unpaired) electrons. The number of aromatic nitrogens is 1. The lowest BCUT2D eigenvalue weighted by Gasteiger charge is -2.41. The summed E-state index contributed by atoms with van der Waals surface area (Å²) >= 11 is 0. The minimum Gasteiger partial charge on any atom is -0.490 e. The van der Waals surface area contributed by atoms with Gasteiger partial charge < -0.3 is 9.84 Å². The largest absolute Gasteiger partial charge is 0.490 e. The van der Waals surface area contributed by atoms with Gasteiger partial charge in [0.15, 0.2) is 0 Å². The summed E-state index contributed by atoms with van der Waals surface area (Å²) in [4.78, 5) is 9.44. The fourth-order valence-electron chi connectivity index (χ4n) is 7.39. The van der Waals surface area contributed by atoms with Gasteiger partial charge in [-0.1, -0.05) is 68.4 Å². The number of ether oxygens (including phenoxy) is 1. The maximum Gasteiger partial charge on any atom is 0.128 e. The molecule has 5 nitrogen and oxygen atoms in total. The second-order valence-electron chi connectivity index (χ2n) is 12.1. The molecule has 39 heavy (non-hydrogen) atoms. The molecule has 2 fully saturated rings. The van der Waals surface area contributed by atoms with E-state index in [9.17, 15) is 5.11 Å². The number of nitrogens with zero attached hydrogens (tertiary/aromatic N) is 3. The van der Waals surface area contributed by atoms with E-state index in [1.807, 2.05) is 30.3 Å². The second kappa shape index (κ2) is 9.74. The number of benzene rings is 3. The number of aliphatic hydroxyl groups is 1. The summed E-state index contributed by atoms with van der Waals surface area (Å²) in [6, 6.07) is 28.4. The van der Waals surface area contributed by atoms with E-state index in [0.29, 0.717) is 23.8 Å². The number of piperazine rings is 1. The molecule has 0 spiro atoms. The minimum atomic E-state index is -0.544. The molecule has 1 aromatic heterocycles. The van der Waals surface area contributed by atoms with Gasteiger partial charge in [0.2, 0.25) is 0 Å². The molecule has 0 amide bonds. The normalized spacial score (nSPS) is 24.7. The van der Waals surface area contributed by atoms with E-state index < -0.39 is 6.10 Å². The summed E-state index contributed by atoms with van der Waals surface area (Å²) in [5, 5.41) is 11.8. The number of pyridine rings is 1. The van der Waals surface area contributed by atoms with Crippen molar-refractivity contribution < 1.29 is 9.84 Å². The van der Waals surface area contributed by atoms with Crippen LogP contribution in [0.1, 0.15) is 54.0 Å². The van der Waals surface area contributed by atoms with E-state index >= 15 is 0 Å². The average molecular weight is 520 g/mol. The maximum atomic E-state index is 10.8. The molecule has 2 heterocycles. The molecule has 1 saturated carbocycles. The van der Waals surface area contributed by atoms with Crippen molar-refractivity contribution in [2.24, 2.45) is 5.41 Å². The fourth-order valence-corrected chi connectivity index (χ4v) is 7.39. The molecular formula is C34H37N3O2. The first-order valence-electron chi connectivity index (χ1n) is 14.3. The Morgan fingerprint density at radius 2 is 1.46 bits per heavy atom.